The van der Waals surface area contributed by atoms with Crippen molar-refractivity contribution < 1.29 is 9.18 Å². The standard InChI is InChI=1S/C16H11FN2O/c17-13-8-6-11(7-9-13)14-10-15(18-19-16(14)20)12-4-2-1-3-5-12/h1-10,14H. The Labute approximate surface area is 115 Å². The van der Waals surface area contributed by atoms with Gasteiger partial charge in [-0.2, -0.15) is 0 Å². The van der Waals surface area contributed by atoms with E-state index in [1.165, 1.54) is 12.1 Å². The molecule has 3 nitrogen and oxygen atoms in total. The molecule has 0 saturated heterocycles. The number of carbonyl (C=O) groups is 1. The van der Waals surface area contributed by atoms with Crippen LogP contribution in [0, 0.1) is 5.82 Å². The second kappa shape index (κ2) is 5.17. The lowest BCUT2D eigenvalue weighted by Gasteiger charge is -2.14. The zero-order valence-electron chi connectivity index (χ0n) is 10.5. The number of benzene rings is 2. The van der Waals surface area contributed by atoms with Crippen molar-refractivity contribution in [3.63, 3.8) is 0 Å². The third-order valence-electron chi connectivity index (χ3n) is 3.15. The van der Waals surface area contributed by atoms with E-state index in [9.17, 15) is 9.18 Å². The lowest BCUT2D eigenvalue weighted by Crippen LogP contribution is -2.11. The molecule has 98 valence electrons. The molecule has 0 radical (unpaired) electrons. The second-order valence-electron chi connectivity index (χ2n) is 4.49. The number of azo groups is 1. The van der Waals surface area contributed by atoms with Crippen molar-refractivity contribution in [3.05, 3.63) is 77.6 Å². The van der Waals surface area contributed by atoms with Crippen LogP contribution in [0.3, 0.4) is 0 Å². The van der Waals surface area contributed by atoms with Crippen LogP contribution in [-0.2, 0) is 4.79 Å². The summed E-state index contributed by atoms with van der Waals surface area (Å²) in [5.74, 6) is -1.18. The van der Waals surface area contributed by atoms with E-state index in [1.807, 2.05) is 30.3 Å². The van der Waals surface area contributed by atoms with Crippen molar-refractivity contribution in [2.24, 2.45) is 10.2 Å². The Bertz CT molecular complexity index is 690. The zero-order valence-corrected chi connectivity index (χ0v) is 10.5. The maximum Gasteiger partial charge on any atom is 0.276 e. The first kappa shape index (κ1) is 12.4. The molecular formula is C16H11FN2O. The molecule has 0 N–H and O–H groups in total. The molecule has 0 bridgehead atoms. The minimum atomic E-state index is -0.511. The van der Waals surface area contributed by atoms with Crippen LogP contribution in [0.5, 0.6) is 0 Å². The number of halogens is 1. The molecule has 1 unspecified atom stereocenters. The van der Waals surface area contributed by atoms with Gasteiger partial charge in [-0.1, -0.05) is 42.5 Å². The van der Waals surface area contributed by atoms with Gasteiger partial charge in [-0.3, -0.25) is 4.79 Å². The predicted octanol–water partition coefficient (Wildman–Crippen LogP) is 3.94. The maximum absolute atomic E-state index is 13.0. The number of nitrogens with zero attached hydrogens (tertiary/aromatic N) is 2. The van der Waals surface area contributed by atoms with Crippen molar-refractivity contribution in [1.29, 1.82) is 0 Å². The van der Waals surface area contributed by atoms with Crippen LogP contribution >= 0.6 is 0 Å². The summed E-state index contributed by atoms with van der Waals surface area (Å²) in [6.07, 6.45) is 1.76. The minimum Gasteiger partial charge on any atom is -0.270 e. The summed E-state index contributed by atoms with van der Waals surface area (Å²) in [5, 5.41) is 7.63. The van der Waals surface area contributed by atoms with Crippen molar-refractivity contribution in [1.82, 2.24) is 0 Å². The molecule has 1 aliphatic heterocycles. The normalized spacial score (nSPS) is 17.9. The SMILES string of the molecule is O=C1N=NC(c2ccccc2)=CC1c1ccc(F)cc1. The third kappa shape index (κ3) is 2.40. The van der Waals surface area contributed by atoms with E-state index >= 15 is 0 Å². The average molecular weight is 266 g/mol. The number of amides is 1. The van der Waals surface area contributed by atoms with Gasteiger partial charge in [-0.05, 0) is 23.8 Å². The molecule has 2 aromatic rings. The Morgan fingerprint density at radius 2 is 1.60 bits per heavy atom. The van der Waals surface area contributed by atoms with Gasteiger partial charge in [-0.15, -0.1) is 10.2 Å². The fraction of sp³-hybridized carbons (Fsp3) is 0.0625. The van der Waals surface area contributed by atoms with Gasteiger partial charge in [0.15, 0.2) is 0 Å². The van der Waals surface area contributed by atoms with Crippen molar-refractivity contribution >= 4 is 11.6 Å². The molecule has 1 heterocycles. The topological polar surface area (TPSA) is 41.8 Å². The van der Waals surface area contributed by atoms with E-state index in [0.717, 1.165) is 5.56 Å². The van der Waals surface area contributed by atoms with Gasteiger partial charge in [0.25, 0.3) is 5.91 Å². The largest absolute Gasteiger partial charge is 0.276 e. The third-order valence-corrected chi connectivity index (χ3v) is 3.15. The van der Waals surface area contributed by atoms with Crippen LogP contribution in [0.2, 0.25) is 0 Å². The first-order valence-corrected chi connectivity index (χ1v) is 6.22. The molecule has 0 spiro atoms. The lowest BCUT2D eigenvalue weighted by atomic mass is 9.95. The fourth-order valence-corrected chi connectivity index (χ4v) is 2.10. The fourth-order valence-electron chi connectivity index (χ4n) is 2.10. The van der Waals surface area contributed by atoms with Crippen LogP contribution < -0.4 is 0 Å². The van der Waals surface area contributed by atoms with Crippen LogP contribution in [0.1, 0.15) is 17.0 Å². The minimum absolute atomic E-state index is 0.328. The molecule has 4 heteroatoms. The Balaban J connectivity index is 1.98. The van der Waals surface area contributed by atoms with Gasteiger partial charge in [0, 0.05) is 5.56 Å². The van der Waals surface area contributed by atoms with Crippen LogP contribution in [0.25, 0.3) is 5.70 Å². The highest BCUT2D eigenvalue weighted by atomic mass is 19.1. The molecule has 20 heavy (non-hydrogen) atoms. The lowest BCUT2D eigenvalue weighted by molar-refractivity contribution is -0.118. The van der Waals surface area contributed by atoms with Gasteiger partial charge in [0.1, 0.15) is 5.82 Å². The highest BCUT2D eigenvalue weighted by Gasteiger charge is 2.23. The summed E-state index contributed by atoms with van der Waals surface area (Å²) in [7, 11) is 0. The molecular weight excluding hydrogens is 255 g/mol. The molecule has 1 amide bonds. The highest BCUT2D eigenvalue weighted by molar-refractivity contribution is 5.90. The summed E-state index contributed by atoms with van der Waals surface area (Å²) in [6.45, 7) is 0. The smallest absolute Gasteiger partial charge is 0.270 e. The monoisotopic (exact) mass is 266 g/mol. The van der Waals surface area contributed by atoms with Crippen LogP contribution in [-0.4, -0.2) is 5.91 Å². The van der Waals surface area contributed by atoms with E-state index in [4.69, 9.17) is 0 Å². The summed E-state index contributed by atoms with van der Waals surface area (Å²) in [5.41, 5.74) is 2.26. The van der Waals surface area contributed by atoms with Crippen molar-refractivity contribution in [3.8, 4) is 0 Å². The molecule has 0 fully saturated rings. The highest BCUT2D eigenvalue weighted by Crippen LogP contribution is 2.29. The zero-order chi connectivity index (χ0) is 13.9. The predicted molar refractivity (Wildman–Crippen MR) is 73.4 cm³/mol. The van der Waals surface area contributed by atoms with E-state index in [1.54, 1.807) is 18.2 Å². The number of hydrogen-bond acceptors (Lipinski definition) is 2. The summed E-state index contributed by atoms with van der Waals surface area (Å²) in [6, 6.07) is 15.4. The molecule has 0 saturated carbocycles. The Hall–Kier alpha value is -2.62. The van der Waals surface area contributed by atoms with Crippen molar-refractivity contribution in [2.45, 2.75) is 5.92 Å². The molecule has 0 aromatic heterocycles. The van der Waals surface area contributed by atoms with Gasteiger partial charge >= 0.3 is 0 Å². The Kier molecular flexibility index (Phi) is 3.21. The number of hydrogen-bond donors (Lipinski definition) is 0. The van der Waals surface area contributed by atoms with E-state index < -0.39 is 5.92 Å². The summed E-state index contributed by atoms with van der Waals surface area (Å²) >= 11 is 0. The van der Waals surface area contributed by atoms with E-state index in [2.05, 4.69) is 10.2 Å². The quantitative estimate of drug-likeness (QED) is 0.811. The average Bonchev–Trinajstić information content (AvgIpc) is 2.50. The van der Waals surface area contributed by atoms with E-state index in [-0.39, 0.29) is 11.7 Å². The van der Waals surface area contributed by atoms with Gasteiger partial charge < -0.3 is 0 Å². The molecule has 0 aliphatic carbocycles. The first-order valence-electron chi connectivity index (χ1n) is 6.22. The van der Waals surface area contributed by atoms with E-state index in [0.29, 0.717) is 11.3 Å². The molecule has 2 aromatic carbocycles. The van der Waals surface area contributed by atoms with Gasteiger partial charge in [0.05, 0.1) is 11.6 Å². The summed E-state index contributed by atoms with van der Waals surface area (Å²) < 4.78 is 13.0. The first-order chi connectivity index (χ1) is 9.74. The van der Waals surface area contributed by atoms with Crippen LogP contribution in [0.15, 0.2) is 70.9 Å². The van der Waals surface area contributed by atoms with Gasteiger partial charge in [0.2, 0.25) is 0 Å². The van der Waals surface area contributed by atoms with Gasteiger partial charge in [-0.25, -0.2) is 4.39 Å². The molecule has 1 aliphatic rings. The molecule has 3 rings (SSSR count). The Morgan fingerprint density at radius 1 is 0.900 bits per heavy atom. The summed E-state index contributed by atoms with van der Waals surface area (Å²) in [4.78, 5) is 11.9. The maximum atomic E-state index is 13.0. The second-order valence-corrected chi connectivity index (χ2v) is 4.49. The molecule has 1 atom stereocenters. The Morgan fingerprint density at radius 3 is 2.30 bits per heavy atom. The number of rotatable bonds is 2. The van der Waals surface area contributed by atoms with Crippen LogP contribution in [0.4, 0.5) is 4.39 Å². The number of carbonyl (C=O) groups excluding carboxylic acids is 1. The van der Waals surface area contributed by atoms with Crippen molar-refractivity contribution in [2.75, 3.05) is 0 Å².